The number of benzene rings is 3. The summed E-state index contributed by atoms with van der Waals surface area (Å²) in [7, 11) is 0. The fourth-order valence-corrected chi connectivity index (χ4v) is 5.13. The number of aliphatic hydroxyl groups is 1. The first kappa shape index (κ1) is 28.0. The molecular weight excluding hydrogens is 491 g/mol. The lowest BCUT2D eigenvalue weighted by Crippen LogP contribution is -2.49. The van der Waals surface area contributed by atoms with Crippen molar-refractivity contribution in [1.29, 1.82) is 0 Å². The van der Waals surface area contributed by atoms with E-state index in [4.69, 9.17) is 4.42 Å². The molecule has 190 valence electrons. The Morgan fingerprint density at radius 1 is 0.722 bits per heavy atom. The third-order valence-electron chi connectivity index (χ3n) is 6.88. The van der Waals surface area contributed by atoms with E-state index in [0.29, 0.717) is 0 Å². The van der Waals surface area contributed by atoms with Crippen molar-refractivity contribution in [1.82, 2.24) is 9.80 Å². The molecule has 0 saturated carbocycles. The number of nitrogens with zero attached hydrogens (tertiary/aromatic N) is 2. The molecular formula is C30H34Cl2N2O2. The maximum Gasteiger partial charge on any atom is 0.134 e. The van der Waals surface area contributed by atoms with E-state index in [9.17, 15) is 5.11 Å². The van der Waals surface area contributed by atoms with Gasteiger partial charge in [0.1, 0.15) is 11.5 Å². The van der Waals surface area contributed by atoms with Crippen molar-refractivity contribution < 1.29 is 9.52 Å². The van der Waals surface area contributed by atoms with Gasteiger partial charge in [0.2, 0.25) is 0 Å². The molecule has 1 aliphatic rings. The molecule has 0 amide bonds. The maximum absolute atomic E-state index is 10.4. The topological polar surface area (TPSA) is 39.9 Å². The van der Waals surface area contributed by atoms with Gasteiger partial charge in [-0.1, -0.05) is 91.0 Å². The number of aryl methyl sites for hydroxylation is 1. The molecule has 36 heavy (non-hydrogen) atoms. The summed E-state index contributed by atoms with van der Waals surface area (Å²) in [5.74, 6) is 1.73. The summed E-state index contributed by atoms with van der Waals surface area (Å²) < 4.78 is 6.30. The molecule has 4 aromatic rings. The minimum Gasteiger partial charge on any atom is -0.459 e. The Labute approximate surface area is 226 Å². The third kappa shape index (κ3) is 6.03. The van der Waals surface area contributed by atoms with E-state index in [1.807, 2.05) is 18.2 Å². The van der Waals surface area contributed by atoms with E-state index in [2.05, 4.69) is 95.6 Å². The van der Waals surface area contributed by atoms with Crippen LogP contribution in [0.2, 0.25) is 0 Å². The molecule has 0 spiro atoms. The average Bonchev–Trinajstić information content (AvgIpc) is 3.29. The molecule has 1 aromatic heterocycles. The predicted molar refractivity (Wildman–Crippen MR) is 151 cm³/mol. The van der Waals surface area contributed by atoms with Gasteiger partial charge in [-0.2, -0.15) is 0 Å². The van der Waals surface area contributed by atoms with E-state index in [0.717, 1.165) is 48.8 Å². The van der Waals surface area contributed by atoms with Gasteiger partial charge in [-0.25, -0.2) is 0 Å². The largest absolute Gasteiger partial charge is 0.459 e. The van der Waals surface area contributed by atoms with E-state index in [-0.39, 0.29) is 43.5 Å². The highest BCUT2D eigenvalue weighted by atomic mass is 35.5. The molecule has 5 rings (SSSR count). The van der Waals surface area contributed by atoms with Gasteiger partial charge in [0, 0.05) is 31.7 Å². The van der Waals surface area contributed by atoms with Crippen molar-refractivity contribution in [3.8, 4) is 11.3 Å². The second-order valence-corrected chi connectivity index (χ2v) is 9.02. The van der Waals surface area contributed by atoms with Crippen LogP contribution < -0.4 is 0 Å². The fraction of sp³-hybridized carbons (Fsp3) is 0.267. The summed E-state index contributed by atoms with van der Waals surface area (Å²) in [5.41, 5.74) is 4.78. The lowest BCUT2D eigenvalue weighted by Gasteiger charge is -2.42. The van der Waals surface area contributed by atoms with Crippen LogP contribution in [0.3, 0.4) is 0 Å². The van der Waals surface area contributed by atoms with Crippen LogP contribution >= 0.6 is 24.8 Å². The minimum atomic E-state index is -0.133. The minimum absolute atomic E-state index is 0. The predicted octanol–water partition coefficient (Wildman–Crippen LogP) is 6.54. The lowest BCUT2D eigenvalue weighted by atomic mass is 9.96. The van der Waals surface area contributed by atoms with Crippen LogP contribution in [0.4, 0.5) is 0 Å². The van der Waals surface area contributed by atoms with Crippen LogP contribution in [-0.2, 0) is 0 Å². The quantitative estimate of drug-likeness (QED) is 0.298. The average molecular weight is 526 g/mol. The van der Waals surface area contributed by atoms with Crippen molar-refractivity contribution in [2.24, 2.45) is 0 Å². The maximum atomic E-state index is 10.4. The van der Waals surface area contributed by atoms with E-state index >= 15 is 0 Å². The molecule has 0 radical (unpaired) electrons. The summed E-state index contributed by atoms with van der Waals surface area (Å²) >= 11 is 0. The number of furan rings is 1. The van der Waals surface area contributed by atoms with Crippen LogP contribution in [0.25, 0.3) is 11.3 Å². The summed E-state index contributed by atoms with van der Waals surface area (Å²) in [6, 6.07) is 33.8. The van der Waals surface area contributed by atoms with Gasteiger partial charge in [0.05, 0.1) is 18.7 Å². The molecule has 4 nitrogen and oxygen atoms in total. The molecule has 6 heteroatoms. The van der Waals surface area contributed by atoms with Gasteiger partial charge in [0.25, 0.3) is 0 Å². The van der Waals surface area contributed by atoms with Gasteiger partial charge >= 0.3 is 0 Å². The molecule has 1 fully saturated rings. The molecule has 2 heterocycles. The highest BCUT2D eigenvalue weighted by Gasteiger charge is 2.31. The van der Waals surface area contributed by atoms with Gasteiger partial charge in [-0.3, -0.25) is 9.80 Å². The van der Waals surface area contributed by atoms with Crippen LogP contribution in [-0.4, -0.2) is 47.7 Å². The third-order valence-corrected chi connectivity index (χ3v) is 6.88. The Kier molecular flexibility index (Phi) is 10.2. The summed E-state index contributed by atoms with van der Waals surface area (Å²) in [5, 5.41) is 10.4. The Bertz CT molecular complexity index is 1140. The van der Waals surface area contributed by atoms with Crippen molar-refractivity contribution in [3.63, 3.8) is 0 Å². The second kappa shape index (κ2) is 13.1. The zero-order valence-corrected chi connectivity index (χ0v) is 22.1. The Balaban J connectivity index is 0.00000180. The SMILES string of the molecule is Cc1cc(-c2ccccc2)oc1C(CO)N1CCN(C(c2ccccc2)c2ccccc2)CC1.Cl.Cl. The molecule has 1 unspecified atom stereocenters. The fourth-order valence-electron chi connectivity index (χ4n) is 5.13. The molecule has 3 aromatic carbocycles. The van der Waals surface area contributed by atoms with Crippen LogP contribution in [0.5, 0.6) is 0 Å². The first-order valence-electron chi connectivity index (χ1n) is 12.1. The smallest absolute Gasteiger partial charge is 0.134 e. The van der Waals surface area contributed by atoms with Gasteiger partial charge in [-0.05, 0) is 29.7 Å². The molecule has 1 aliphatic heterocycles. The van der Waals surface area contributed by atoms with Crippen LogP contribution in [0.15, 0.2) is 101 Å². The number of hydrogen-bond acceptors (Lipinski definition) is 4. The Morgan fingerprint density at radius 3 is 1.69 bits per heavy atom. The number of hydrogen-bond donors (Lipinski definition) is 1. The standard InChI is InChI=1S/C30H32N2O2.2ClH/c1-23-21-28(24-11-5-2-6-12-24)34-30(23)27(22-33)31-17-19-32(20-18-31)29(25-13-7-3-8-14-25)26-15-9-4-10-16-26;;/h2-16,21,27,29,33H,17-20,22H2,1H3;2*1H. The first-order chi connectivity index (χ1) is 16.7. The number of aliphatic hydroxyl groups excluding tert-OH is 1. The van der Waals surface area contributed by atoms with Crippen molar-refractivity contribution in [2.75, 3.05) is 32.8 Å². The Hall–Kier alpha value is -2.60. The molecule has 0 bridgehead atoms. The highest BCUT2D eigenvalue weighted by molar-refractivity contribution is 5.85. The van der Waals surface area contributed by atoms with Gasteiger partial charge < -0.3 is 9.52 Å². The Morgan fingerprint density at radius 2 is 1.19 bits per heavy atom. The van der Waals surface area contributed by atoms with Crippen molar-refractivity contribution in [2.45, 2.75) is 19.0 Å². The number of rotatable bonds is 7. The summed E-state index contributed by atoms with van der Waals surface area (Å²) in [6.45, 7) is 5.73. The lowest BCUT2D eigenvalue weighted by molar-refractivity contribution is 0.0445. The zero-order valence-electron chi connectivity index (χ0n) is 20.5. The zero-order chi connectivity index (χ0) is 23.3. The van der Waals surface area contributed by atoms with Crippen molar-refractivity contribution >= 4 is 24.8 Å². The van der Waals surface area contributed by atoms with E-state index in [1.54, 1.807) is 0 Å². The van der Waals surface area contributed by atoms with E-state index < -0.39 is 0 Å². The summed E-state index contributed by atoms with van der Waals surface area (Å²) in [4.78, 5) is 4.92. The first-order valence-corrected chi connectivity index (χ1v) is 12.1. The molecule has 0 aliphatic carbocycles. The number of halogens is 2. The van der Waals surface area contributed by atoms with Crippen LogP contribution in [0.1, 0.15) is 34.5 Å². The van der Waals surface area contributed by atoms with Gasteiger partial charge in [0.15, 0.2) is 0 Å². The van der Waals surface area contributed by atoms with E-state index in [1.165, 1.54) is 11.1 Å². The van der Waals surface area contributed by atoms with Crippen molar-refractivity contribution in [3.05, 3.63) is 120 Å². The van der Waals surface area contributed by atoms with Crippen LogP contribution in [0, 0.1) is 6.92 Å². The molecule has 1 saturated heterocycles. The molecule has 1 atom stereocenters. The second-order valence-electron chi connectivity index (χ2n) is 9.02. The monoisotopic (exact) mass is 524 g/mol. The number of piperazine rings is 1. The molecule has 1 N–H and O–H groups in total. The summed E-state index contributed by atoms with van der Waals surface area (Å²) in [6.07, 6.45) is 0. The normalized spacial score (nSPS) is 15.2. The highest BCUT2D eigenvalue weighted by Crippen LogP contribution is 2.34. The van der Waals surface area contributed by atoms with Gasteiger partial charge in [-0.15, -0.1) is 24.8 Å².